The molecule has 3 aromatic rings. The number of nitrogens with zero attached hydrogens (tertiary/aromatic N) is 1. The van der Waals surface area contributed by atoms with Crippen LogP contribution >= 0.6 is 11.3 Å². The zero-order valence-electron chi connectivity index (χ0n) is 13.8. The lowest BCUT2D eigenvalue weighted by Gasteiger charge is -2.04. The number of nitrogens with one attached hydrogen (secondary N) is 1. The van der Waals surface area contributed by atoms with Crippen molar-refractivity contribution in [1.29, 1.82) is 0 Å². The van der Waals surface area contributed by atoms with E-state index < -0.39 is 0 Å². The third kappa shape index (κ3) is 4.64. The Labute approximate surface area is 145 Å². The minimum Gasteiger partial charge on any atom is -0.457 e. The fourth-order valence-corrected chi connectivity index (χ4v) is 3.25. The molecule has 5 nitrogen and oxygen atoms in total. The number of hydrogen-bond acceptors (Lipinski definition) is 6. The van der Waals surface area contributed by atoms with Crippen molar-refractivity contribution < 1.29 is 13.9 Å². The van der Waals surface area contributed by atoms with Gasteiger partial charge in [-0.05, 0) is 37.2 Å². The average molecular weight is 346 g/mol. The van der Waals surface area contributed by atoms with Gasteiger partial charge in [0.2, 0.25) is 0 Å². The fraction of sp³-hybridized carbons (Fsp3) is 0.389. The van der Waals surface area contributed by atoms with Gasteiger partial charge in [0.1, 0.15) is 5.76 Å². The Morgan fingerprint density at radius 2 is 2.04 bits per heavy atom. The summed E-state index contributed by atoms with van der Waals surface area (Å²) in [7, 11) is 1.68. The summed E-state index contributed by atoms with van der Waals surface area (Å²) in [6, 6.07) is 12.1. The highest BCUT2D eigenvalue weighted by Gasteiger charge is 2.10. The van der Waals surface area contributed by atoms with E-state index >= 15 is 0 Å². The molecule has 0 aliphatic heterocycles. The van der Waals surface area contributed by atoms with Crippen molar-refractivity contribution in [1.82, 2.24) is 10.3 Å². The number of furan rings is 1. The van der Waals surface area contributed by atoms with Gasteiger partial charge in [0.15, 0.2) is 10.8 Å². The van der Waals surface area contributed by atoms with Gasteiger partial charge in [-0.2, -0.15) is 0 Å². The molecule has 0 saturated carbocycles. The predicted octanol–water partition coefficient (Wildman–Crippen LogP) is 3.70. The van der Waals surface area contributed by atoms with Gasteiger partial charge in [-0.1, -0.05) is 12.1 Å². The molecular formula is C18H22N2O3S. The lowest BCUT2D eigenvalue weighted by Crippen LogP contribution is -2.16. The number of thiazole rings is 1. The van der Waals surface area contributed by atoms with Gasteiger partial charge in [0.25, 0.3) is 0 Å². The number of ether oxygens (including phenoxy) is 2. The van der Waals surface area contributed by atoms with E-state index in [9.17, 15) is 0 Å². The van der Waals surface area contributed by atoms with Crippen molar-refractivity contribution >= 4 is 21.6 Å². The van der Waals surface area contributed by atoms with Crippen LogP contribution in [0.2, 0.25) is 0 Å². The van der Waals surface area contributed by atoms with Crippen LogP contribution in [0.4, 0.5) is 0 Å². The molecule has 0 bridgehead atoms. The van der Waals surface area contributed by atoms with E-state index in [2.05, 4.69) is 16.4 Å². The predicted molar refractivity (Wildman–Crippen MR) is 96.3 cm³/mol. The van der Waals surface area contributed by atoms with Gasteiger partial charge in [0.05, 0.1) is 30.0 Å². The Morgan fingerprint density at radius 3 is 2.92 bits per heavy atom. The summed E-state index contributed by atoms with van der Waals surface area (Å²) in [6.07, 6.45) is 0.967. The SMILES string of the molecule is COCCOCCCNCc1ccc(-c2nc3ccccc3s2)o1. The number of hydrogen-bond donors (Lipinski definition) is 1. The van der Waals surface area contributed by atoms with Crippen molar-refractivity contribution in [2.45, 2.75) is 13.0 Å². The molecule has 3 rings (SSSR count). The molecule has 1 aromatic carbocycles. The van der Waals surface area contributed by atoms with Gasteiger partial charge in [-0.25, -0.2) is 4.98 Å². The highest BCUT2D eigenvalue weighted by atomic mass is 32.1. The zero-order valence-corrected chi connectivity index (χ0v) is 14.6. The summed E-state index contributed by atoms with van der Waals surface area (Å²) in [5.41, 5.74) is 1.02. The molecule has 0 aliphatic rings. The smallest absolute Gasteiger partial charge is 0.163 e. The molecule has 0 atom stereocenters. The highest BCUT2D eigenvalue weighted by molar-refractivity contribution is 7.21. The van der Waals surface area contributed by atoms with Crippen LogP contribution in [0.3, 0.4) is 0 Å². The van der Waals surface area contributed by atoms with E-state index in [0.29, 0.717) is 19.8 Å². The fourth-order valence-electron chi connectivity index (χ4n) is 2.32. The number of para-hydroxylation sites is 1. The largest absolute Gasteiger partial charge is 0.457 e. The van der Waals surface area contributed by atoms with E-state index in [4.69, 9.17) is 13.9 Å². The van der Waals surface area contributed by atoms with Gasteiger partial charge in [-0.3, -0.25) is 0 Å². The van der Waals surface area contributed by atoms with Gasteiger partial charge in [0, 0.05) is 13.7 Å². The number of aromatic nitrogens is 1. The molecule has 128 valence electrons. The minimum atomic E-state index is 0.647. The Hall–Kier alpha value is -1.73. The molecule has 6 heteroatoms. The molecule has 0 spiro atoms. The Bertz CT molecular complexity index is 720. The molecule has 0 amide bonds. The van der Waals surface area contributed by atoms with Crippen LogP contribution in [0.15, 0.2) is 40.8 Å². The number of fused-ring (bicyclic) bond motifs is 1. The Morgan fingerprint density at radius 1 is 1.12 bits per heavy atom. The van der Waals surface area contributed by atoms with Crippen LogP contribution in [0.1, 0.15) is 12.2 Å². The average Bonchev–Trinajstić information content (AvgIpc) is 3.23. The van der Waals surface area contributed by atoms with Crippen molar-refractivity contribution in [2.75, 3.05) is 33.5 Å². The maximum atomic E-state index is 5.90. The van der Waals surface area contributed by atoms with E-state index in [1.165, 1.54) is 4.70 Å². The van der Waals surface area contributed by atoms with Crippen LogP contribution in [0.5, 0.6) is 0 Å². The molecule has 0 radical (unpaired) electrons. The standard InChI is InChI=1S/C18H22N2O3S/c1-21-11-12-22-10-4-9-19-13-14-7-8-16(23-14)18-20-15-5-2-3-6-17(15)24-18/h2-3,5-8,19H,4,9-13H2,1H3. The van der Waals surface area contributed by atoms with Crippen LogP contribution in [-0.2, 0) is 16.0 Å². The molecule has 2 aromatic heterocycles. The second-order valence-corrected chi connectivity index (χ2v) is 6.42. The first-order chi connectivity index (χ1) is 11.9. The van der Waals surface area contributed by atoms with E-state index in [1.807, 2.05) is 30.3 Å². The molecule has 0 unspecified atom stereocenters. The van der Waals surface area contributed by atoms with Gasteiger partial charge >= 0.3 is 0 Å². The van der Waals surface area contributed by atoms with Crippen molar-refractivity contribution in [2.24, 2.45) is 0 Å². The molecule has 0 fully saturated rings. The second-order valence-electron chi connectivity index (χ2n) is 5.39. The summed E-state index contributed by atoms with van der Waals surface area (Å²) in [5.74, 6) is 1.75. The van der Waals surface area contributed by atoms with Crippen molar-refractivity contribution in [3.63, 3.8) is 0 Å². The topological polar surface area (TPSA) is 56.5 Å². The third-order valence-corrected chi connectivity index (χ3v) is 4.59. The first-order valence-corrected chi connectivity index (χ1v) is 8.90. The molecular weight excluding hydrogens is 324 g/mol. The first-order valence-electron chi connectivity index (χ1n) is 8.09. The summed E-state index contributed by atoms with van der Waals surface area (Å²) in [5, 5.41) is 4.29. The van der Waals surface area contributed by atoms with Crippen LogP contribution in [0, 0.1) is 0 Å². The maximum absolute atomic E-state index is 5.90. The minimum absolute atomic E-state index is 0.647. The van der Waals surface area contributed by atoms with Crippen molar-refractivity contribution in [3.8, 4) is 10.8 Å². The monoisotopic (exact) mass is 346 g/mol. The summed E-state index contributed by atoms with van der Waals surface area (Å²) < 4.78 is 17.4. The number of rotatable bonds is 10. The van der Waals surface area contributed by atoms with Crippen LogP contribution in [0.25, 0.3) is 21.0 Å². The second kappa shape index (κ2) is 8.94. The van der Waals surface area contributed by atoms with E-state index in [0.717, 1.165) is 41.6 Å². The summed E-state index contributed by atoms with van der Waals surface area (Å²) in [4.78, 5) is 4.62. The molecule has 24 heavy (non-hydrogen) atoms. The van der Waals surface area contributed by atoms with Crippen LogP contribution < -0.4 is 5.32 Å². The maximum Gasteiger partial charge on any atom is 0.163 e. The van der Waals surface area contributed by atoms with E-state index in [-0.39, 0.29) is 0 Å². The van der Waals surface area contributed by atoms with Crippen LogP contribution in [-0.4, -0.2) is 38.5 Å². The first kappa shape index (κ1) is 17.1. The lowest BCUT2D eigenvalue weighted by atomic mass is 10.3. The van der Waals surface area contributed by atoms with Crippen molar-refractivity contribution in [3.05, 3.63) is 42.2 Å². The Kier molecular flexibility index (Phi) is 6.37. The molecule has 2 heterocycles. The zero-order chi connectivity index (χ0) is 16.6. The lowest BCUT2D eigenvalue weighted by molar-refractivity contribution is 0.0694. The third-order valence-electron chi connectivity index (χ3n) is 3.54. The number of benzene rings is 1. The summed E-state index contributed by atoms with van der Waals surface area (Å²) in [6.45, 7) is 3.65. The van der Waals surface area contributed by atoms with E-state index in [1.54, 1.807) is 18.4 Å². The molecule has 0 aliphatic carbocycles. The molecule has 1 N–H and O–H groups in total. The quantitative estimate of drug-likeness (QED) is 0.567. The Balaban J connectivity index is 1.44. The summed E-state index contributed by atoms with van der Waals surface area (Å²) >= 11 is 1.65. The normalized spacial score (nSPS) is 11.4. The highest BCUT2D eigenvalue weighted by Crippen LogP contribution is 2.30. The number of methoxy groups -OCH3 is 1. The van der Waals surface area contributed by atoms with Gasteiger partial charge < -0.3 is 19.2 Å². The van der Waals surface area contributed by atoms with Gasteiger partial charge in [-0.15, -0.1) is 11.3 Å². The molecule has 0 saturated heterocycles.